The Morgan fingerprint density at radius 3 is 2.80 bits per heavy atom. The van der Waals surface area contributed by atoms with Gasteiger partial charge in [0.2, 0.25) is 0 Å². The summed E-state index contributed by atoms with van der Waals surface area (Å²) in [5, 5.41) is 4.24. The van der Waals surface area contributed by atoms with Crippen LogP contribution in [-0.2, 0) is 28.5 Å². The molecule has 1 aromatic rings. The van der Waals surface area contributed by atoms with Crippen LogP contribution < -0.4 is 0 Å². The van der Waals surface area contributed by atoms with Gasteiger partial charge in [-0.25, -0.2) is 0 Å². The quantitative estimate of drug-likeness (QED) is 0.777. The second kappa shape index (κ2) is 5.80. The van der Waals surface area contributed by atoms with E-state index in [2.05, 4.69) is 5.10 Å². The smallest absolute Gasteiger partial charge is 0.281 e. The molecular formula is C12H22N4O3S. The van der Waals surface area contributed by atoms with Gasteiger partial charge in [-0.1, -0.05) is 0 Å². The zero-order valence-corrected chi connectivity index (χ0v) is 13.2. The molecule has 0 radical (unpaired) electrons. The van der Waals surface area contributed by atoms with Crippen molar-refractivity contribution >= 4 is 10.2 Å². The molecule has 0 amide bonds. The molecule has 0 aliphatic carbocycles. The predicted molar refractivity (Wildman–Crippen MR) is 75.5 cm³/mol. The lowest BCUT2D eigenvalue weighted by Crippen LogP contribution is -2.45. The first kappa shape index (κ1) is 15.4. The maximum atomic E-state index is 12.3. The van der Waals surface area contributed by atoms with E-state index in [1.807, 2.05) is 18.7 Å². The molecule has 2 heterocycles. The summed E-state index contributed by atoms with van der Waals surface area (Å²) in [5.41, 5.74) is 2.03. The second-order valence-electron chi connectivity index (χ2n) is 5.12. The third-order valence-corrected chi connectivity index (χ3v) is 5.39. The minimum atomic E-state index is -3.42. The van der Waals surface area contributed by atoms with E-state index in [0.29, 0.717) is 26.3 Å². The molecule has 1 aliphatic rings. The molecule has 0 aromatic carbocycles. The zero-order chi connectivity index (χ0) is 14.9. The molecule has 1 atom stereocenters. The van der Waals surface area contributed by atoms with Gasteiger partial charge in [-0.3, -0.25) is 4.68 Å². The van der Waals surface area contributed by atoms with Crippen LogP contribution in [0.15, 0.2) is 6.20 Å². The van der Waals surface area contributed by atoms with E-state index in [4.69, 9.17) is 4.74 Å². The number of fused-ring (bicyclic) bond motifs is 1. The summed E-state index contributed by atoms with van der Waals surface area (Å²) in [5.74, 6) is 0.0147. The molecule has 0 spiro atoms. The maximum absolute atomic E-state index is 12.3. The number of aryl methyl sites for hydroxylation is 1. The zero-order valence-electron chi connectivity index (χ0n) is 12.4. The first-order chi connectivity index (χ1) is 9.37. The van der Waals surface area contributed by atoms with Crippen LogP contribution in [0.3, 0.4) is 0 Å². The van der Waals surface area contributed by atoms with Crippen molar-refractivity contribution in [3.05, 3.63) is 17.5 Å². The van der Waals surface area contributed by atoms with Crippen molar-refractivity contribution in [1.29, 1.82) is 0 Å². The normalized spacial score (nSPS) is 20.4. The molecule has 8 heteroatoms. The van der Waals surface area contributed by atoms with E-state index < -0.39 is 10.2 Å². The molecule has 0 N–H and O–H groups in total. The van der Waals surface area contributed by atoms with Crippen molar-refractivity contribution in [2.75, 3.05) is 33.9 Å². The Bertz CT molecular complexity index is 567. The minimum Gasteiger partial charge on any atom is -0.381 e. The molecular weight excluding hydrogens is 280 g/mol. The highest BCUT2D eigenvalue weighted by molar-refractivity contribution is 7.86. The van der Waals surface area contributed by atoms with Gasteiger partial charge in [0.25, 0.3) is 10.2 Å². The Morgan fingerprint density at radius 1 is 1.50 bits per heavy atom. The lowest BCUT2D eigenvalue weighted by molar-refractivity contribution is 0.118. The number of rotatable bonds is 5. The topological polar surface area (TPSA) is 67.7 Å². The van der Waals surface area contributed by atoms with E-state index >= 15 is 0 Å². The van der Waals surface area contributed by atoms with E-state index in [1.165, 1.54) is 8.61 Å². The van der Waals surface area contributed by atoms with Crippen molar-refractivity contribution in [2.24, 2.45) is 7.05 Å². The first-order valence-electron chi connectivity index (χ1n) is 6.64. The van der Waals surface area contributed by atoms with Crippen LogP contribution in [-0.4, -0.2) is 60.7 Å². The average Bonchev–Trinajstić information content (AvgIpc) is 2.77. The monoisotopic (exact) mass is 302 g/mol. The van der Waals surface area contributed by atoms with Crippen LogP contribution in [0.5, 0.6) is 0 Å². The number of hydrogen-bond donors (Lipinski definition) is 0. The van der Waals surface area contributed by atoms with Gasteiger partial charge in [-0.2, -0.15) is 22.1 Å². The first-order valence-corrected chi connectivity index (χ1v) is 8.03. The summed E-state index contributed by atoms with van der Waals surface area (Å²) in [7, 11) is 1.56. The lowest BCUT2D eigenvalue weighted by atomic mass is 9.99. The second-order valence-corrected chi connectivity index (χ2v) is 7.26. The van der Waals surface area contributed by atoms with Crippen molar-refractivity contribution in [3.8, 4) is 0 Å². The SMILES string of the molecule is CCOCC1CN(S(=O)(=O)N(C)C)Cc2cnn(C)c21. The fourth-order valence-corrected chi connectivity index (χ4v) is 3.66. The standard InChI is InChI=1S/C12H22N4O3S/c1-5-19-9-11-8-16(20(17,18)14(2)3)7-10-6-13-15(4)12(10)11/h6,11H,5,7-9H2,1-4H3. The van der Waals surface area contributed by atoms with Gasteiger partial charge < -0.3 is 4.74 Å². The summed E-state index contributed by atoms with van der Waals surface area (Å²) >= 11 is 0. The largest absolute Gasteiger partial charge is 0.381 e. The number of nitrogens with zero attached hydrogens (tertiary/aromatic N) is 4. The van der Waals surface area contributed by atoms with Crippen LogP contribution in [0.4, 0.5) is 0 Å². The molecule has 20 heavy (non-hydrogen) atoms. The van der Waals surface area contributed by atoms with Gasteiger partial charge >= 0.3 is 0 Å². The highest BCUT2D eigenvalue weighted by Crippen LogP contribution is 2.30. The van der Waals surface area contributed by atoms with E-state index in [1.54, 1.807) is 20.3 Å². The summed E-state index contributed by atoms with van der Waals surface area (Å²) < 4.78 is 34.7. The van der Waals surface area contributed by atoms with E-state index in [9.17, 15) is 8.42 Å². The van der Waals surface area contributed by atoms with Gasteiger partial charge in [0.05, 0.1) is 12.8 Å². The molecule has 114 valence electrons. The summed E-state index contributed by atoms with van der Waals surface area (Å²) in [4.78, 5) is 0. The third-order valence-electron chi connectivity index (χ3n) is 3.53. The number of hydrogen-bond acceptors (Lipinski definition) is 4. The van der Waals surface area contributed by atoms with Gasteiger partial charge in [0, 0.05) is 58.0 Å². The predicted octanol–water partition coefficient (Wildman–Crippen LogP) is 0.162. The number of ether oxygens (including phenoxy) is 1. The van der Waals surface area contributed by atoms with E-state index in [-0.39, 0.29) is 5.92 Å². The maximum Gasteiger partial charge on any atom is 0.281 e. The van der Waals surface area contributed by atoms with Crippen molar-refractivity contribution in [3.63, 3.8) is 0 Å². The Balaban J connectivity index is 2.31. The van der Waals surface area contributed by atoms with Gasteiger partial charge in [-0.05, 0) is 6.92 Å². The molecule has 0 saturated carbocycles. The van der Waals surface area contributed by atoms with E-state index in [0.717, 1.165) is 11.3 Å². The van der Waals surface area contributed by atoms with Crippen LogP contribution in [0.1, 0.15) is 24.1 Å². The minimum absolute atomic E-state index is 0.0147. The summed E-state index contributed by atoms with van der Waals surface area (Å²) in [6, 6.07) is 0. The van der Waals surface area contributed by atoms with Gasteiger partial charge in [-0.15, -0.1) is 0 Å². The van der Waals surface area contributed by atoms with Crippen LogP contribution in [0.25, 0.3) is 0 Å². The highest BCUT2D eigenvalue weighted by Gasteiger charge is 2.35. The Morgan fingerprint density at radius 2 is 2.20 bits per heavy atom. The van der Waals surface area contributed by atoms with Crippen molar-refractivity contribution < 1.29 is 13.2 Å². The Labute approximate surface area is 120 Å². The Hall–Kier alpha value is -0.960. The van der Waals surface area contributed by atoms with Crippen molar-refractivity contribution in [1.82, 2.24) is 18.4 Å². The summed E-state index contributed by atoms with van der Waals surface area (Å²) in [6.07, 6.45) is 1.74. The third kappa shape index (κ3) is 2.73. The molecule has 1 aliphatic heterocycles. The fraction of sp³-hybridized carbons (Fsp3) is 0.750. The molecule has 0 fully saturated rings. The molecule has 0 saturated heterocycles. The number of aromatic nitrogens is 2. The summed E-state index contributed by atoms with van der Waals surface area (Å²) in [6.45, 7) is 3.84. The van der Waals surface area contributed by atoms with Crippen LogP contribution >= 0.6 is 0 Å². The Kier molecular flexibility index (Phi) is 4.48. The molecule has 7 nitrogen and oxygen atoms in total. The molecule has 1 aromatic heterocycles. The molecule has 2 rings (SSSR count). The van der Waals surface area contributed by atoms with Crippen LogP contribution in [0, 0.1) is 0 Å². The van der Waals surface area contributed by atoms with Crippen molar-refractivity contribution in [2.45, 2.75) is 19.4 Å². The molecule has 1 unspecified atom stereocenters. The lowest BCUT2D eigenvalue weighted by Gasteiger charge is -2.33. The fourth-order valence-electron chi connectivity index (χ4n) is 2.53. The molecule has 0 bridgehead atoms. The van der Waals surface area contributed by atoms with Gasteiger partial charge in [0.15, 0.2) is 0 Å². The van der Waals surface area contributed by atoms with Crippen LogP contribution in [0.2, 0.25) is 0 Å². The van der Waals surface area contributed by atoms with Gasteiger partial charge in [0.1, 0.15) is 0 Å². The average molecular weight is 302 g/mol. The highest BCUT2D eigenvalue weighted by atomic mass is 32.2.